The monoisotopic (exact) mass is 465 g/mol. The summed E-state index contributed by atoms with van der Waals surface area (Å²) in [6, 6.07) is 20.3. The molecule has 32 heavy (non-hydrogen) atoms. The van der Waals surface area contributed by atoms with Crippen LogP contribution in [0.2, 0.25) is 10.0 Å². The molecule has 3 aromatic carbocycles. The molecule has 1 aliphatic heterocycles. The number of methoxy groups -OCH3 is 1. The number of fused-ring (bicyclic) bond motifs is 3. The lowest BCUT2D eigenvalue weighted by Crippen LogP contribution is -2.43. The Labute approximate surface area is 195 Å². The van der Waals surface area contributed by atoms with E-state index in [1.54, 1.807) is 19.2 Å². The summed E-state index contributed by atoms with van der Waals surface area (Å²) < 4.78 is 5.32. The number of urea groups is 1. The molecule has 0 radical (unpaired) electrons. The minimum atomic E-state index is -0.282. The molecule has 1 atom stereocenters. The van der Waals surface area contributed by atoms with Gasteiger partial charge in [0.05, 0.1) is 13.2 Å². The lowest BCUT2D eigenvalue weighted by Gasteiger charge is -2.36. The van der Waals surface area contributed by atoms with Crippen molar-refractivity contribution in [3.63, 3.8) is 0 Å². The molecule has 5 nitrogen and oxygen atoms in total. The smallest absolute Gasteiger partial charge is 0.322 e. The molecule has 4 aromatic rings. The first-order chi connectivity index (χ1) is 15.5. The van der Waals surface area contributed by atoms with Gasteiger partial charge in [0, 0.05) is 38.9 Å². The van der Waals surface area contributed by atoms with Gasteiger partial charge < -0.3 is 19.9 Å². The molecule has 2 heterocycles. The number of halogens is 2. The number of nitrogens with one attached hydrogen (secondary N) is 2. The number of aromatic nitrogens is 1. The molecule has 0 spiro atoms. The number of hydrogen-bond acceptors (Lipinski definition) is 2. The number of hydrogen-bond donors (Lipinski definition) is 2. The summed E-state index contributed by atoms with van der Waals surface area (Å²) in [5, 5.41) is 5.36. The number of benzene rings is 3. The molecular weight excluding hydrogens is 445 g/mol. The predicted octanol–water partition coefficient (Wildman–Crippen LogP) is 6.66. The maximum absolute atomic E-state index is 13.4. The van der Waals surface area contributed by atoms with Crippen molar-refractivity contribution in [3.05, 3.63) is 93.6 Å². The predicted molar refractivity (Wildman–Crippen MR) is 129 cm³/mol. The molecule has 0 fully saturated rings. The molecule has 0 unspecified atom stereocenters. The first kappa shape index (κ1) is 20.7. The minimum absolute atomic E-state index is 0.185. The van der Waals surface area contributed by atoms with Crippen LogP contribution in [-0.4, -0.2) is 29.6 Å². The molecule has 1 aliphatic rings. The second kappa shape index (κ2) is 8.41. The average molecular weight is 466 g/mol. The molecule has 0 bridgehead atoms. The summed E-state index contributed by atoms with van der Waals surface area (Å²) in [7, 11) is 1.64. The van der Waals surface area contributed by atoms with Crippen molar-refractivity contribution in [2.24, 2.45) is 0 Å². The highest BCUT2D eigenvalue weighted by Crippen LogP contribution is 2.39. The third kappa shape index (κ3) is 3.78. The normalized spacial score (nSPS) is 15.5. The van der Waals surface area contributed by atoms with E-state index in [4.69, 9.17) is 27.9 Å². The van der Waals surface area contributed by atoms with Gasteiger partial charge in [-0.3, -0.25) is 0 Å². The van der Waals surface area contributed by atoms with E-state index in [1.807, 2.05) is 59.5 Å². The van der Waals surface area contributed by atoms with Gasteiger partial charge >= 0.3 is 6.03 Å². The Bertz CT molecular complexity index is 1300. The molecule has 1 aromatic heterocycles. The minimum Gasteiger partial charge on any atom is -0.497 e. The van der Waals surface area contributed by atoms with Crippen molar-refractivity contribution in [1.29, 1.82) is 0 Å². The second-order valence-corrected chi connectivity index (χ2v) is 8.64. The zero-order chi connectivity index (χ0) is 22.2. The zero-order valence-corrected chi connectivity index (χ0v) is 18.9. The van der Waals surface area contributed by atoms with Crippen LogP contribution in [0.3, 0.4) is 0 Å². The van der Waals surface area contributed by atoms with Crippen LogP contribution in [-0.2, 0) is 6.42 Å². The molecule has 0 aliphatic carbocycles. The standard InChI is InChI=1S/C25H21Cl2N3O2/c1-32-19-8-5-15(6-9-19)24-23-20(21-14-17(27)7-10-22(21)29-23)11-12-30(24)25(31)28-18-4-2-3-16(26)13-18/h2-10,13-14,24,29H,11-12H2,1H3,(H,28,31)/t24-/m1/s1. The summed E-state index contributed by atoms with van der Waals surface area (Å²) in [5.41, 5.74) is 4.85. The zero-order valence-electron chi connectivity index (χ0n) is 17.4. The summed E-state index contributed by atoms with van der Waals surface area (Å²) in [5.74, 6) is 0.767. The third-order valence-electron chi connectivity index (χ3n) is 5.86. The van der Waals surface area contributed by atoms with E-state index in [1.165, 1.54) is 5.56 Å². The highest BCUT2D eigenvalue weighted by molar-refractivity contribution is 6.31. The maximum atomic E-state index is 13.4. The number of carbonyl (C=O) groups is 1. The van der Waals surface area contributed by atoms with Gasteiger partial charge in [-0.05, 0) is 66.1 Å². The van der Waals surface area contributed by atoms with Crippen LogP contribution < -0.4 is 10.1 Å². The van der Waals surface area contributed by atoms with Crippen molar-refractivity contribution >= 4 is 45.8 Å². The number of H-pyrrole nitrogens is 1. The number of amides is 2. The molecular formula is C25H21Cl2N3O2. The number of ether oxygens (including phenoxy) is 1. The maximum Gasteiger partial charge on any atom is 0.322 e. The number of aromatic amines is 1. The highest BCUT2D eigenvalue weighted by atomic mass is 35.5. The van der Waals surface area contributed by atoms with E-state index >= 15 is 0 Å². The van der Waals surface area contributed by atoms with E-state index < -0.39 is 0 Å². The molecule has 2 N–H and O–H groups in total. The molecule has 0 saturated heterocycles. The van der Waals surface area contributed by atoms with Gasteiger partial charge in [0.2, 0.25) is 0 Å². The van der Waals surface area contributed by atoms with E-state index in [9.17, 15) is 4.79 Å². The molecule has 2 amide bonds. The van der Waals surface area contributed by atoms with Gasteiger partial charge in [-0.1, -0.05) is 41.4 Å². The van der Waals surface area contributed by atoms with E-state index in [2.05, 4.69) is 10.3 Å². The number of anilines is 1. The number of carbonyl (C=O) groups excluding carboxylic acids is 1. The Morgan fingerprint density at radius 2 is 1.84 bits per heavy atom. The fourth-order valence-electron chi connectivity index (χ4n) is 4.37. The topological polar surface area (TPSA) is 57.4 Å². The van der Waals surface area contributed by atoms with Gasteiger partial charge in [0.1, 0.15) is 5.75 Å². The largest absolute Gasteiger partial charge is 0.497 e. The van der Waals surface area contributed by atoms with Crippen LogP contribution in [0, 0.1) is 0 Å². The van der Waals surface area contributed by atoms with E-state index in [-0.39, 0.29) is 12.1 Å². The van der Waals surface area contributed by atoms with Gasteiger partial charge in [0.15, 0.2) is 0 Å². The van der Waals surface area contributed by atoms with Crippen molar-refractivity contribution in [3.8, 4) is 5.75 Å². The van der Waals surface area contributed by atoms with Gasteiger partial charge in [-0.2, -0.15) is 0 Å². The molecule has 7 heteroatoms. The Hall–Kier alpha value is -3.15. The lowest BCUT2D eigenvalue weighted by molar-refractivity contribution is 0.193. The fraction of sp³-hybridized carbons (Fsp3) is 0.160. The SMILES string of the molecule is COc1ccc([C@@H]2c3[nH]c4ccc(Cl)cc4c3CCN2C(=O)Nc2cccc(Cl)c2)cc1. The Morgan fingerprint density at radius 1 is 1.06 bits per heavy atom. The molecule has 162 valence electrons. The van der Waals surface area contributed by atoms with Gasteiger partial charge in [0.25, 0.3) is 0 Å². The van der Waals surface area contributed by atoms with Crippen molar-refractivity contribution in [2.45, 2.75) is 12.5 Å². The number of rotatable bonds is 3. The van der Waals surface area contributed by atoms with Crippen molar-refractivity contribution < 1.29 is 9.53 Å². The van der Waals surface area contributed by atoms with Crippen molar-refractivity contribution in [1.82, 2.24) is 9.88 Å². The lowest BCUT2D eigenvalue weighted by atomic mass is 9.92. The van der Waals surface area contributed by atoms with Gasteiger partial charge in [-0.25, -0.2) is 4.79 Å². The van der Waals surface area contributed by atoms with Crippen LogP contribution >= 0.6 is 23.2 Å². The summed E-state index contributed by atoms with van der Waals surface area (Å²) >= 11 is 12.4. The van der Waals surface area contributed by atoms with Crippen molar-refractivity contribution in [2.75, 3.05) is 19.0 Å². The van der Waals surface area contributed by atoms with Crippen LogP contribution in [0.15, 0.2) is 66.7 Å². The van der Waals surface area contributed by atoms with E-state index in [0.29, 0.717) is 22.3 Å². The van der Waals surface area contributed by atoms with Crippen LogP contribution in [0.25, 0.3) is 10.9 Å². The van der Waals surface area contributed by atoms with Crippen LogP contribution in [0.4, 0.5) is 10.5 Å². The Morgan fingerprint density at radius 3 is 2.59 bits per heavy atom. The summed E-state index contributed by atoms with van der Waals surface area (Å²) in [6.07, 6.45) is 0.727. The van der Waals surface area contributed by atoms with E-state index in [0.717, 1.165) is 34.3 Å². The average Bonchev–Trinajstić information content (AvgIpc) is 3.16. The highest BCUT2D eigenvalue weighted by Gasteiger charge is 2.34. The molecule has 0 saturated carbocycles. The van der Waals surface area contributed by atoms with Crippen LogP contribution in [0.1, 0.15) is 22.9 Å². The second-order valence-electron chi connectivity index (χ2n) is 7.77. The fourth-order valence-corrected chi connectivity index (χ4v) is 4.74. The Balaban J connectivity index is 1.58. The number of nitrogens with zero attached hydrogens (tertiary/aromatic N) is 1. The third-order valence-corrected chi connectivity index (χ3v) is 6.33. The van der Waals surface area contributed by atoms with Gasteiger partial charge in [-0.15, -0.1) is 0 Å². The van der Waals surface area contributed by atoms with Crippen LogP contribution in [0.5, 0.6) is 5.75 Å². The first-order valence-corrected chi connectivity index (χ1v) is 11.1. The summed E-state index contributed by atoms with van der Waals surface area (Å²) in [4.78, 5) is 18.8. The quantitative estimate of drug-likeness (QED) is 0.355. The molecule has 5 rings (SSSR count). The Kier molecular flexibility index (Phi) is 5.45. The summed E-state index contributed by atoms with van der Waals surface area (Å²) in [6.45, 7) is 0.565. The first-order valence-electron chi connectivity index (χ1n) is 10.3.